The molecular formula is C15H10BrFN2O2. The average molecular weight is 349 g/mol. The van der Waals surface area contributed by atoms with Crippen molar-refractivity contribution >= 4 is 33.4 Å². The van der Waals surface area contributed by atoms with Gasteiger partial charge >= 0.3 is 5.97 Å². The molecule has 1 heterocycles. The summed E-state index contributed by atoms with van der Waals surface area (Å²) in [5, 5.41) is 0. The second-order valence-electron chi connectivity index (χ2n) is 4.53. The zero-order chi connectivity index (χ0) is 15.0. The van der Waals surface area contributed by atoms with Crippen molar-refractivity contribution in [1.29, 1.82) is 0 Å². The summed E-state index contributed by atoms with van der Waals surface area (Å²) in [6.07, 6.45) is 3.76. The summed E-state index contributed by atoms with van der Waals surface area (Å²) >= 11 is 3.11. The third-order valence-corrected chi connectivity index (χ3v) is 3.83. The molecule has 0 fully saturated rings. The van der Waals surface area contributed by atoms with Gasteiger partial charge in [-0.25, -0.2) is 19.2 Å². The van der Waals surface area contributed by atoms with Crippen molar-refractivity contribution in [3.63, 3.8) is 0 Å². The Hall–Kier alpha value is -2.08. The molecule has 21 heavy (non-hydrogen) atoms. The van der Waals surface area contributed by atoms with Gasteiger partial charge in [-0.05, 0) is 46.3 Å². The molecule has 1 aromatic carbocycles. The molecule has 0 spiro atoms. The summed E-state index contributed by atoms with van der Waals surface area (Å²) < 4.78 is 18.7. The Morgan fingerprint density at radius 3 is 2.86 bits per heavy atom. The predicted molar refractivity (Wildman–Crippen MR) is 80.9 cm³/mol. The SMILES string of the molecule is COC(=O)C1=CC=C2N=C(c3ccc(Br)c(F)c3)N=C2C1. The molecule has 6 heteroatoms. The number of amidine groups is 1. The molecular weight excluding hydrogens is 339 g/mol. The molecule has 0 saturated carbocycles. The molecule has 1 aromatic rings. The first-order chi connectivity index (χ1) is 10.1. The van der Waals surface area contributed by atoms with Gasteiger partial charge in [0.05, 0.1) is 23.0 Å². The summed E-state index contributed by atoms with van der Waals surface area (Å²) in [5.41, 5.74) is 2.51. The zero-order valence-corrected chi connectivity index (χ0v) is 12.6. The molecule has 0 unspecified atom stereocenters. The van der Waals surface area contributed by atoms with Crippen LogP contribution < -0.4 is 0 Å². The van der Waals surface area contributed by atoms with Crippen LogP contribution in [0.1, 0.15) is 12.0 Å². The minimum atomic E-state index is -0.379. The quantitative estimate of drug-likeness (QED) is 0.770. The summed E-state index contributed by atoms with van der Waals surface area (Å²) in [4.78, 5) is 20.3. The lowest BCUT2D eigenvalue weighted by Gasteiger charge is -2.09. The molecule has 0 N–H and O–H groups in total. The molecule has 106 valence electrons. The maximum Gasteiger partial charge on any atom is 0.334 e. The van der Waals surface area contributed by atoms with Crippen LogP contribution in [0.4, 0.5) is 4.39 Å². The van der Waals surface area contributed by atoms with Gasteiger partial charge in [-0.1, -0.05) is 0 Å². The first-order valence-corrected chi connectivity index (χ1v) is 6.99. The first kappa shape index (κ1) is 13.9. The van der Waals surface area contributed by atoms with E-state index >= 15 is 0 Å². The molecule has 0 amide bonds. The second kappa shape index (κ2) is 5.37. The van der Waals surface area contributed by atoms with E-state index in [9.17, 15) is 9.18 Å². The number of benzene rings is 1. The lowest BCUT2D eigenvalue weighted by Crippen LogP contribution is -2.12. The van der Waals surface area contributed by atoms with Gasteiger partial charge in [0.25, 0.3) is 0 Å². The number of aliphatic imine (C=N–C) groups is 2. The molecule has 1 aliphatic carbocycles. The van der Waals surface area contributed by atoms with E-state index in [4.69, 9.17) is 4.74 Å². The lowest BCUT2D eigenvalue weighted by atomic mass is 10.0. The number of halogens is 2. The Morgan fingerprint density at radius 2 is 2.14 bits per heavy atom. The Bertz CT molecular complexity index is 763. The normalized spacial score (nSPS) is 16.5. The fraction of sp³-hybridized carbons (Fsp3) is 0.133. The fourth-order valence-electron chi connectivity index (χ4n) is 2.11. The number of hydrogen-bond acceptors (Lipinski definition) is 4. The van der Waals surface area contributed by atoms with Crippen LogP contribution in [0.2, 0.25) is 0 Å². The highest BCUT2D eigenvalue weighted by Gasteiger charge is 2.24. The molecule has 0 saturated heterocycles. The third-order valence-electron chi connectivity index (χ3n) is 3.19. The van der Waals surface area contributed by atoms with Crippen LogP contribution in [0.25, 0.3) is 0 Å². The minimum Gasteiger partial charge on any atom is -0.466 e. The number of rotatable bonds is 2. The molecule has 1 aliphatic heterocycles. The van der Waals surface area contributed by atoms with Crippen LogP contribution in [0.5, 0.6) is 0 Å². The lowest BCUT2D eigenvalue weighted by molar-refractivity contribution is -0.136. The smallest absolute Gasteiger partial charge is 0.334 e. The van der Waals surface area contributed by atoms with E-state index in [-0.39, 0.29) is 11.8 Å². The number of fused-ring (bicyclic) bond motifs is 1. The van der Waals surface area contributed by atoms with Crippen molar-refractivity contribution in [2.75, 3.05) is 7.11 Å². The van der Waals surface area contributed by atoms with Crippen molar-refractivity contribution in [3.8, 4) is 0 Å². The largest absolute Gasteiger partial charge is 0.466 e. The molecule has 0 radical (unpaired) electrons. The van der Waals surface area contributed by atoms with Crippen LogP contribution >= 0.6 is 15.9 Å². The van der Waals surface area contributed by atoms with E-state index in [2.05, 4.69) is 25.9 Å². The maximum absolute atomic E-state index is 13.6. The van der Waals surface area contributed by atoms with Crippen molar-refractivity contribution in [2.45, 2.75) is 6.42 Å². The second-order valence-corrected chi connectivity index (χ2v) is 5.39. The Labute approximate surface area is 128 Å². The Morgan fingerprint density at radius 1 is 1.33 bits per heavy atom. The number of nitrogens with zero attached hydrogens (tertiary/aromatic N) is 2. The van der Waals surface area contributed by atoms with Gasteiger partial charge in [-0.15, -0.1) is 0 Å². The number of carbonyl (C=O) groups is 1. The maximum atomic E-state index is 13.6. The molecule has 0 bridgehead atoms. The van der Waals surface area contributed by atoms with Gasteiger partial charge in [0.1, 0.15) is 5.82 Å². The van der Waals surface area contributed by atoms with E-state index in [1.165, 1.54) is 13.2 Å². The number of methoxy groups -OCH3 is 1. The minimum absolute atomic E-state index is 0.366. The van der Waals surface area contributed by atoms with Gasteiger partial charge < -0.3 is 4.74 Å². The van der Waals surface area contributed by atoms with Crippen LogP contribution in [0, 0.1) is 5.82 Å². The molecule has 0 aromatic heterocycles. The van der Waals surface area contributed by atoms with Gasteiger partial charge in [-0.2, -0.15) is 0 Å². The van der Waals surface area contributed by atoms with Crippen molar-refractivity contribution in [1.82, 2.24) is 0 Å². The van der Waals surface area contributed by atoms with E-state index in [0.717, 1.165) is 0 Å². The van der Waals surface area contributed by atoms with E-state index in [1.54, 1.807) is 24.3 Å². The zero-order valence-electron chi connectivity index (χ0n) is 11.1. The number of esters is 1. The summed E-state index contributed by atoms with van der Waals surface area (Å²) in [5.74, 6) is -0.300. The first-order valence-electron chi connectivity index (χ1n) is 6.19. The molecule has 3 rings (SSSR count). The number of carbonyl (C=O) groups excluding carboxylic acids is 1. The number of ether oxygens (including phenoxy) is 1. The highest BCUT2D eigenvalue weighted by molar-refractivity contribution is 9.10. The van der Waals surface area contributed by atoms with Crippen LogP contribution in [0.15, 0.2) is 56.1 Å². The number of allylic oxidation sites excluding steroid dienone is 3. The van der Waals surface area contributed by atoms with Gasteiger partial charge in [0, 0.05) is 17.6 Å². The fourth-order valence-corrected chi connectivity index (χ4v) is 2.35. The molecule has 0 atom stereocenters. The molecule has 4 nitrogen and oxygen atoms in total. The van der Waals surface area contributed by atoms with E-state index < -0.39 is 0 Å². The van der Waals surface area contributed by atoms with Gasteiger partial charge in [-0.3, -0.25) is 0 Å². The van der Waals surface area contributed by atoms with Crippen molar-refractivity contribution < 1.29 is 13.9 Å². The summed E-state index contributed by atoms with van der Waals surface area (Å²) in [7, 11) is 1.34. The van der Waals surface area contributed by atoms with Crippen LogP contribution in [0.3, 0.4) is 0 Å². The molecule has 2 aliphatic rings. The third kappa shape index (κ3) is 2.58. The summed E-state index contributed by atoms with van der Waals surface area (Å²) in [6, 6.07) is 4.73. The van der Waals surface area contributed by atoms with E-state index in [0.29, 0.717) is 39.3 Å². The Kier molecular flexibility index (Phi) is 3.55. The van der Waals surface area contributed by atoms with Crippen molar-refractivity contribution in [3.05, 3.63) is 57.5 Å². The highest BCUT2D eigenvalue weighted by atomic mass is 79.9. The van der Waals surface area contributed by atoms with E-state index in [1.807, 2.05) is 0 Å². The standard InChI is InChI=1S/C15H10BrFN2O2/c1-21-15(20)9-3-5-12-13(7-9)19-14(18-12)8-2-4-10(16)11(17)6-8/h2-6H,7H2,1H3. The Balaban J connectivity index is 1.90. The predicted octanol–water partition coefficient (Wildman–Crippen LogP) is 3.18. The van der Waals surface area contributed by atoms with Crippen LogP contribution in [-0.4, -0.2) is 24.6 Å². The monoisotopic (exact) mass is 348 g/mol. The number of hydrogen-bond donors (Lipinski definition) is 0. The van der Waals surface area contributed by atoms with Gasteiger partial charge in [0.15, 0.2) is 5.84 Å². The topological polar surface area (TPSA) is 51.0 Å². The van der Waals surface area contributed by atoms with Crippen LogP contribution in [-0.2, 0) is 9.53 Å². The van der Waals surface area contributed by atoms with Crippen molar-refractivity contribution in [2.24, 2.45) is 9.98 Å². The van der Waals surface area contributed by atoms with Gasteiger partial charge in [0.2, 0.25) is 0 Å². The highest BCUT2D eigenvalue weighted by Crippen LogP contribution is 2.26. The average Bonchev–Trinajstić information content (AvgIpc) is 2.92. The summed E-state index contributed by atoms with van der Waals surface area (Å²) in [6.45, 7) is 0.